The van der Waals surface area contributed by atoms with Gasteiger partial charge in [0.05, 0.1) is 0 Å². The summed E-state index contributed by atoms with van der Waals surface area (Å²) in [5, 5.41) is 9.04. The zero-order valence-electron chi connectivity index (χ0n) is 9.51. The highest BCUT2D eigenvalue weighted by atomic mass is 16.5. The maximum atomic E-state index is 11.0. The van der Waals surface area contributed by atoms with Crippen LogP contribution in [0.5, 0.6) is 0 Å². The summed E-state index contributed by atoms with van der Waals surface area (Å²) in [5.41, 5.74) is 1.65. The third-order valence-corrected chi connectivity index (χ3v) is 2.13. The molecule has 86 valence electrons. The standard InChI is InChI=1S/C13H16O3/c1-3-6-10-7-5-8-11(9-10)12(13(14)15)16-4-2/h3,5-9,12H,4H2,1-2H3,(H,14,15)/b6-3+/t12-/m1/s1. The van der Waals surface area contributed by atoms with Crippen molar-refractivity contribution in [1.29, 1.82) is 0 Å². The van der Waals surface area contributed by atoms with Crippen molar-refractivity contribution >= 4 is 12.0 Å². The number of carboxylic acids is 1. The van der Waals surface area contributed by atoms with Crippen LogP contribution in [0.3, 0.4) is 0 Å². The van der Waals surface area contributed by atoms with Gasteiger partial charge in [0.15, 0.2) is 6.10 Å². The third-order valence-electron chi connectivity index (χ3n) is 2.13. The lowest BCUT2D eigenvalue weighted by molar-refractivity contribution is -0.150. The van der Waals surface area contributed by atoms with Crippen molar-refractivity contribution in [3.05, 3.63) is 41.5 Å². The van der Waals surface area contributed by atoms with Gasteiger partial charge in [0.2, 0.25) is 0 Å². The Morgan fingerprint density at radius 1 is 1.56 bits per heavy atom. The van der Waals surface area contributed by atoms with Crippen LogP contribution in [0, 0.1) is 0 Å². The van der Waals surface area contributed by atoms with Gasteiger partial charge in [-0.15, -0.1) is 0 Å². The number of rotatable bonds is 5. The van der Waals surface area contributed by atoms with E-state index in [4.69, 9.17) is 9.84 Å². The molecule has 0 aliphatic carbocycles. The lowest BCUT2D eigenvalue weighted by Crippen LogP contribution is -2.15. The van der Waals surface area contributed by atoms with Crippen LogP contribution in [0.4, 0.5) is 0 Å². The first kappa shape index (κ1) is 12.5. The number of aliphatic carboxylic acids is 1. The first-order valence-corrected chi connectivity index (χ1v) is 5.26. The van der Waals surface area contributed by atoms with E-state index in [2.05, 4.69) is 0 Å². The van der Waals surface area contributed by atoms with Gasteiger partial charge in [-0.05, 0) is 31.0 Å². The lowest BCUT2D eigenvalue weighted by atomic mass is 10.1. The van der Waals surface area contributed by atoms with Crippen molar-refractivity contribution in [2.75, 3.05) is 6.61 Å². The number of benzene rings is 1. The normalized spacial score (nSPS) is 12.9. The zero-order chi connectivity index (χ0) is 12.0. The van der Waals surface area contributed by atoms with Gasteiger partial charge >= 0.3 is 5.97 Å². The first-order valence-electron chi connectivity index (χ1n) is 5.26. The van der Waals surface area contributed by atoms with Gasteiger partial charge in [-0.3, -0.25) is 0 Å². The lowest BCUT2D eigenvalue weighted by Gasteiger charge is -2.13. The Morgan fingerprint density at radius 3 is 2.88 bits per heavy atom. The van der Waals surface area contributed by atoms with Crippen LogP contribution in [-0.4, -0.2) is 17.7 Å². The van der Waals surface area contributed by atoms with E-state index in [1.165, 1.54) is 0 Å². The second-order valence-electron chi connectivity index (χ2n) is 3.34. The number of carbonyl (C=O) groups is 1. The molecule has 0 spiro atoms. The summed E-state index contributed by atoms with van der Waals surface area (Å²) in [5.74, 6) is -0.959. The predicted octanol–water partition coefficient (Wildman–Crippen LogP) is 2.88. The van der Waals surface area contributed by atoms with Gasteiger partial charge < -0.3 is 9.84 Å². The van der Waals surface area contributed by atoms with Gasteiger partial charge in [-0.2, -0.15) is 0 Å². The number of hydrogen-bond donors (Lipinski definition) is 1. The highest BCUT2D eigenvalue weighted by Crippen LogP contribution is 2.19. The van der Waals surface area contributed by atoms with E-state index in [0.29, 0.717) is 12.2 Å². The number of carboxylic acid groups (broad SMARTS) is 1. The molecular weight excluding hydrogens is 204 g/mol. The molecule has 1 N–H and O–H groups in total. The van der Waals surface area contributed by atoms with E-state index in [1.807, 2.05) is 37.3 Å². The molecule has 3 nitrogen and oxygen atoms in total. The van der Waals surface area contributed by atoms with Crippen molar-refractivity contribution in [3.63, 3.8) is 0 Å². The highest BCUT2D eigenvalue weighted by molar-refractivity contribution is 5.74. The van der Waals surface area contributed by atoms with Crippen molar-refractivity contribution in [2.24, 2.45) is 0 Å². The van der Waals surface area contributed by atoms with Crippen LogP contribution in [0.1, 0.15) is 31.1 Å². The molecule has 0 saturated heterocycles. The number of allylic oxidation sites excluding steroid dienone is 1. The Hall–Kier alpha value is -1.61. The van der Waals surface area contributed by atoms with Crippen LogP contribution < -0.4 is 0 Å². The molecule has 0 fully saturated rings. The Labute approximate surface area is 95.4 Å². The highest BCUT2D eigenvalue weighted by Gasteiger charge is 2.19. The molecule has 0 aliphatic heterocycles. The summed E-state index contributed by atoms with van der Waals surface area (Å²) < 4.78 is 5.20. The first-order chi connectivity index (χ1) is 7.69. The maximum Gasteiger partial charge on any atom is 0.337 e. The van der Waals surface area contributed by atoms with Gasteiger partial charge in [-0.1, -0.05) is 30.4 Å². The topological polar surface area (TPSA) is 46.5 Å². The summed E-state index contributed by atoms with van der Waals surface area (Å²) in [7, 11) is 0. The minimum absolute atomic E-state index is 0.380. The quantitative estimate of drug-likeness (QED) is 0.829. The Kier molecular flexibility index (Phi) is 4.73. The Balaban J connectivity index is 2.99. The minimum Gasteiger partial charge on any atom is -0.479 e. The van der Waals surface area contributed by atoms with Gasteiger partial charge in [0, 0.05) is 6.61 Å². The molecule has 0 unspecified atom stereocenters. The second kappa shape index (κ2) is 6.08. The average Bonchev–Trinajstić information content (AvgIpc) is 2.26. The van der Waals surface area contributed by atoms with Crippen LogP contribution >= 0.6 is 0 Å². The van der Waals surface area contributed by atoms with E-state index in [-0.39, 0.29) is 0 Å². The smallest absolute Gasteiger partial charge is 0.337 e. The largest absolute Gasteiger partial charge is 0.479 e. The number of hydrogen-bond acceptors (Lipinski definition) is 2. The van der Waals surface area contributed by atoms with Crippen LogP contribution in [0.15, 0.2) is 30.3 Å². The molecule has 0 bridgehead atoms. The van der Waals surface area contributed by atoms with Crippen LogP contribution in [0.25, 0.3) is 6.08 Å². The SMILES string of the molecule is C/C=C/c1cccc([C@@H](OCC)C(=O)O)c1. The van der Waals surface area contributed by atoms with Crippen molar-refractivity contribution in [2.45, 2.75) is 20.0 Å². The molecule has 16 heavy (non-hydrogen) atoms. The molecule has 1 atom stereocenters. The molecule has 1 rings (SSSR count). The maximum absolute atomic E-state index is 11.0. The van der Waals surface area contributed by atoms with E-state index in [0.717, 1.165) is 5.56 Å². The molecule has 3 heteroatoms. The summed E-state index contributed by atoms with van der Waals surface area (Å²) in [6, 6.07) is 7.35. The molecule has 0 radical (unpaired) electrons. The molecule has 0 aliphatic rings. The minimum atomic E-state index is -0.959. The van der Waals surface area contributed by atoms with Gasteiger partial charge in [0.25, 0.3) is 0 Å². The molecule has 1 aromatic carbocycles. The molecule has 0 aromatic heterocycles. The van der Waals surface area contributed by atoms with Crippen molar-refractivity contribution in [1.82, 2.24) is 0 Å². The van der Waals surface area contributed by atoms with Gasteiger partial charge in [0.1, 0.15) is 0 Å². The predicted molar refractivity (Wildman–Crippen MR) is 63.2 cm³/mol. The van der Waals surface area contributed by atoms with Crippen molar-refractivity contribution in [3.8, 4) is 0 Å². The fourth-order valence-corrected chi connectivity index (χ4v) is 1.49. The molecule has 0 heterocycles. The fraction of sp³-hybridized carbons (Fsp3) is 0.308. The fourth-order valence-electron chi connectivity index (χ4n) is 1.49. The summed E-state index contributed by atoms with van der Waals surface area (Å²) in [6.07, 6.45) is 2.96. The van der Waals surface area contributed by atoms with Gasteiger partial charge in [-0.25, -0.2) is 4.79 Å². The van der Waals surface area contributed by atoms with E-state index in [9.17, 15) is 4.79 Å². The summed E-state index contributed by atoms with van der Waals surface area (Å²) >= 11 is 0. The van der Waals surface area contributed by atoms with Crippen LogP contribution in [0.2, 0.25) is 0 Å². The summed E-state index contributed by atoms with van der Waals surface area (Å²) in [4.78, 5) is 11.0. The Morgan fingerprint density at radius 2 is 2.31 bits per heavy atom. The third kappa shape index (κ3) is 3.21. The summed E-state index contributed by atoms with van der Waals surface area (Å²) in [6.45, 7) is 4.08. The van der Waals surface area contributed by atoms with Crippen molar-refractivity contribution < 1.29 is 14.6 Å². The molecular formula is C13H16O3. The molecule has 0 saturated carbocycles. The zero-order valence-corrected chi connectivity index (χ0v) is 9.51. The van der Waals surface area contributed by atoms with E-state index >= 15 is 0 Å². The second-order valence-corrected chi connectivity index (χ2v) is 3.34. The molecule has 0 amide bonds. The average molecular weight is 220 g/mol. The van der Waals surface area contributed by atoms with E-state index < -0.39 is 12.1 Å². The molecule has 1 aromatic rings. The Bertz CT molecular complexity index is 383. The number of ether oxygens (including phenoxy) is 1. The monoisotopic (exact) mass is 220 g/mol. The van der Waals surface area contributed by atoms with Crippen LogP contribution in [-0.2, 0) is 9.53 Å². The van der Waals surface area contributed by atoms with E-state index in [1.54, 1.807) is 13.0 Å².